The van der Waals surface area contributed by atoms with E-state index >= 15 is 4.39 Å². The topological polar surface area (TPSA) is 103 Å². The number of aliphatic hydroxyl groups is 1. The van der Waals surface area contributed by atoms with E-state index in [1.54, 1.807) is 17.4 Å². The number of amides is 1. The molecule has 2 unspecified atom stereocenters. The molecule has 0 spiro atoms. The van der Waals surface area contributed by atoms with E-state index in [-0.39, 0.29) is 36.8 Å². The molecule has 2 aromatic heterocycles. The zero-order valence-electron chi connectivity index (χ0n) is 23.7. The SMILES string of the molecule is CCC(C)C(=O)c1cc(C)c(-c2nc3cc(C)ccn3c2CC(O)CN(CC(OC)OC)C(=O)OC)c(F)c1. The number of aromatic nitrogens is 2. The van der Waals surface area contributed by atoms with Crippen LogP contribution in [0.15, 0.2) is 30.5 Å². The maximum atomic E-state index is 15.7. The highest BCUT2D eigenvalue weighted by atomic mass is 19.1. The number of carbonyl (C=O) groups excluding carboxylic acids is 2. The van der Waals surface area contributed by atoms with Gasteiger partial charge in [0.1, 0.15) is 11.5 Å². The molecule has 3 aromatic rings. The summed E-state index contributed by atoms with van der Waals surface area (Å²) in [6, 6.07) is 6.72. The first-order valence-electron chi connectivity index (χ1n) is 12.9. The van der Waals surface area contributed by atoms with E-state index in [4.69, 9.17) is 19.2 Å². The van der Waals surface area contributed by atoms with E-state index in [0.717, 1.165) is 5.56 Å². The Hall–Kier alpha value is -3.34. The maximum absolute atomic E-state index is 15.7. The van der Waals surface area contributed by atoms with Crippen molar-refractivity contribution in [3.8, 4) is 11.3 Å². The Morgan fingerprint density at radius 1 is 1.13 bits per heavy atom. The van der Waals surface area contributed by atoms with Crippen LogP contribution in [0, 0.1) is 25.6 Å². The van der Waals surface area contributed by atoms with Crippen LogP contribution in [-0.2, 0) is 20.6 Å². The summed E-state index contributed by atoms with van der Waals surface area (Å²) in [6.07, 6.45) is 0.135. The minimum absolute atomic E-state index is 0.0371. The second-order valence-electron chi connectivity index (χ2n) is 9.80. The number of ketones is 1. The maximum Gasteiger partial charge on any atom is 0.409 e. The molecule has 0 aliphatic heterocycles. The fourth-order valence-corrected chi connectivity index (χ4v) is 4.57. The number of rotatable bonds is 12. The second kappa shape index (κ2) is 13.1. The monoisotopic (exact) mass is 543 g/mol. The molecular formula is C29H38FN3O6. The number of aryl methyl sites for hydroxylation is 2. The van der Waals surface area contributed by atoms with Crippen molar-refractivity contribution in [3.05, 3.63) is 58.7 Å². The van der Waals surface area contributed by atoms with Crippen LogP contribution in [0.25, 0.3) is 16.9 Å². The van der Waals surface area contributed by atoms with Gasteiger partial charge in [0.15, 0.2) is 12.1 Å². The molecule has 3 rings (SSSR count). The number of nitrogens with zero attached hydrogens (tertiary/aromatic N) is 3. The third-order valence-electron chi connectivity index (χ3n) is 6.94. The first kappa shape index (κ1) is 30.2. The molecule has 2 atom stereocenters. The molecule has 0 aliphatic carbocycles. The van der Waals surface area contributed by atoms with Gasteiger partial charge in [-0.05, 0) is 55.7 Å². The molecule has 0 fully saturated rings. The molecule has 2 heterocycles. The van der Waals surface area contributed by atoms with E-state index in [1.165, 1.54) is 32.3 Å². The van der Waals surface area contributed by atoms with Crippen molar-refractivity contribution in [2.75, 3.05) is 34.4 Å². The van der Waals surface area contributed by atoms with E-state index in [9.17, 15) is 14.7 Å². The van der Waals surface area contributed by atoms with Crippen molar-refractivity contribution in [2.45, 2.75) is 52.9 Å². The van der Waals surface area contributed by atoms with Gasteiger partial charge in [-0.2, -0.15) is 0 Å². The fourth-order valence-electron chi connectivity index (χ4n) is 4.57. The molecule has 39 heavy (non-hydrogen) atoms. The number of hydrogen-bond acceptors (Lipinski definition) is 7. The van der Waals surface area contributed by atoms with Crippen LogP contribution in [-0.4, -0.2) is 78.1 Å². The van der Waals surface area contributed by atoms with Crippen LogP contribution < -0.4 is 0 Å². The molecular weight excluding hydrogens is 505 g/mol. The number of ether oxygens (including phenoxy) is 3. The van der Waals surface area contributed by atoms with Gasteiger partial charge in [-0.3, -0.25) is 4.79 Å². The van der Waals surface area contributed by atoms with Crippen LogP contribution >= 0.6 is 0 Å². The molecule has 1 N–H and O–H groups in total. The number of Topliss-reactive ketones (excluding diaryl/α,β-unsaturated/α-hetero) is 1. The quantitative estimate of drug-likeness (QED) is 0.264. The van der Waals surface area contributed by atoms with Gasteiger partial charge in [-0.15, -0.1) is 0 Å². The average Bonchev–Trinajstić information content (AvgIpc) is 3.25. The lowest BCUT2D eigenvalue weighted by atomic mass is 9.92. The third-order valence-corrected chi connectivity index (χ3v) is 6.94. The highest BCUT2D eigenvalue weighted by Gasteiger charge is 2.27. The summed E-state index contributed by atoms with van der Waals surface area (Å²) in [6.45, 7) is 7.37. The standard InChI is InChI=1S/C29H38FN3O6/c1-8-18(3)28(35)20-12-19(4)26(22(30)13-20)27-23(33-10-9-17(2)11-24(33)31-27)14-21(34)15-32(29(36)39-7)16-25(37-5)38-6/h9-13,18,21,25,34H,8,14-16H2,1-7H3. The number of aliphatic hydroxyl groups excluding tert-OH is 1. The number of hydrogen-bond donors (Lipinski definition) is 1. The van der Waals surface area contributed by atoms with Crippen molar-refractivity contribution < 1.29 is 33.3 Å². The molecule has 212 valence electrons. The van der Waals surface area contributed by atoms with Gasteiger partial charge >= 0.3 is 6.09 Å². The molecule has 9 nitrogen and oxygen atoms in total. The van der Waals surface area contributed by atoms with Crippen LogP contribution in [0.4, 0.5) is 9.18 Å². The van der Waals surface area contributed by atoms with Crippen molar-refractivity contribution in [3.63, 3.8) is 0 Å². The minimum Gasteiger partial charge on any atom is -0.453 e. The van der Waals surface area contributed by atoms with Crippen molar-refractivity contribution >= 4 is 17.5 Å². The summed E-state index contributed by atoms with van der Waals surface area (Å²) in [5.41, 5.74) is 3.66. The summed E-state index contributed by atoms with van der Waals surface area (Å²) in [7, 11) is 4.15. The normalized spacial score (nSPS) is 13.1. The second-order valence-corrected chi connectivity index (χ2v) is 9.80. The molecule has 0 bridgehead atoms. The number of pyridine rings is 1. The first-order valence-corrected chi connectivity index (χ1v) is 12.9. The summed E-state index contributed by atoms with van der Waals surface area (Å²) < 4.78 is 32.7. The van der Waals surface area contributed by atoms with E-state index in [2.05, 4.69) is 0 Å². The number of fused-ring (bicyclic) bond motifs is 1. The molecule has 0 radical (unpaired) electrons. The zero-order valence-corrected chi connectivity index (χ0v) is 23.7. The molecule has 10 heteroatoms. The van der Waals surface area contributed by atoms with Gasteiger partial charge < -0.3 is 28.6 Å². The molecule has 1 amide bonds. The Labute approximate surface area is 228 Å². The lowest BCUT2D eigenvalue weighted by Crippen LogP contribution is -2.43. The highest BCUT2D eigenvalue weighted by Crippen LogP contribution is 2.32. The Morgan fingerprint density at radius 2 is 1.82 bits per heavy atom. The molecule has 0 aliphatic rings. The number of methoxy groups -OCH3 is 3. The third kappa shape index (κ3) is 6.81. The molecule has 0 saturated heterocycles. The Bertz CT molecular complexity index is 1300. The van der Waals surface area contributed by atoms with E-state index < -0.39 is 24.3 Å². The number of imidazole rings is 1. The zero-order chi connectivity index (χ0) is 28.9. The summed E-state index contributed by atoms with van der Waals surface area (Å²) >= 11 is 0. The Morgan fingerprint density at radius 3 is 2.41 bits per heavy atom. The van der Waals surface area contributed by atoms with Crippen molar-refractivity contribution in [1.82, 2.24) is 14.3 Å². The van der Waals surface area contributed by atoms with E-state index in [1.807, 2.05) is 39.1 Å². The van der Waals surface area contributed by atoms with Gasteiger partial charge in [-0.1, -0.05) is 13.8 Å². The average molecular weight is 544 g/mol. The summed E-state index contributed by atoms with van der Waals surface area (Å²) in [5, 5.41) is 11.1. The van der Waals surface area contributed by atoms with Crippen molar-refractivity contribution in [1.29, 1.82) is 0 Å². The predicted molar refractivity (Wildman–Crippen MR) is 145 cm³/mol. The number of carbonyl (C=O) groups is 2. The largest absolute Gasteiger partial charge is 0.453 e. The summed E-state index contributed by atoms with van der Waals surface area (Å²) in [4.78, 5) is 31.1. The molecule has 0 saturated carbocycles. The Kier molecular flexibility index (Phi) is 10.2. The van der Waals surface area contributed by atoms with Gasteiger partial charge in [-0.25, -0.2) is 14.2 Å². The van der Waals surface area contributed by atoms with Crippen LogP contribution in [0.3, 0.4) is 0 Å². The van der Waals surface area contributed by atoms with Crippen LogP contribution in [0.1, 0.15) is 47.4 Å². The van der Waals surface area contributed by atoms with Gasteiger partial charge in [0.2, 0.25) is 0 Å². The highest BCUT2D eigenvalue weighted by molar-refractivity contribution is 5.98. The van der Waals surface area contributed by atoms with Crippen LogP contribution in [0.2, 0.25) is 0 Å². The van der Waals surface area contributed by atoms with E-state index in [0.29, 0.717) is 34.6 Å². The Balaban J connectivity index is 2.04. The van der Waals surface area contributed by atoms with Crippen molar-refractivity contribution in [2.24, 2.45) is 5.92 Å². The predicted octanol–water partition coefficient (Wildman–Crippen LogP) is 4.58. The number of benzene rings is 1. The minimum atomic E-state index is -1.05. The lowest BCUT2D eigenvalue weighted by molar-refractivity contribution is -0.115. The smallest absolute Gasteiger partial charge is 0.409 e. The summed E-state index contributed by atoms with van der Waals surface area (Å²) in [5.74, 6) is -0.885. The van der Waals surface area contributed by atoms with Gasteiger partial charge in [0.05, 0.1) is 37.7 Å². The number of halogens is 1. The van der Waals surface area contributed by atoms with Gasteiger partial charge in [0.25, 0.3) is 0 Å². The van der Waals surface area contributed by atoms with Crippen LogP contribution in [0.5, 0.6) is 0 Å². The first-order chi connectivity index (χ1) is 18.5. The molecule has 1 aromatic carbocycles. The lowest BCUT2D eigenvalue weighted by Gasteiger charge is -2.27. The fraction of sp³-hybridized carbons (Fsp3) is 0.483. The van der Waals surface area contributed by atoms with Gasteiger partial charge in [0, 0.05) is 43.9 Å².